The molecule has 18 heavy (non-hydrogen) atoms. The molecular formula is C14H24N4. The Morgan fingerprint density at radius 2 is 2.06 bits per heavy atom. The highest BCUT2D eigenvalue weighted by Crippen LogP contribution is 2.26. The van der Waals surface area contributed by atoms with Gasteiger partial charge in [0.2, 0.25) is 0 Å². The molecule has 1 aliphatic carbocycles. The molecule has 1 aromatic heterocycles. The molecule has 0 aliphatic heterocycles. The van der Waals surface area contributed by atoms with Crippen LogP contribution in [0.25, 0.3) is 0 Å². The molecule has 2 rings (SSSR count). The summed E-state index contributed by atoms with van der Waals surface area (Å²) in [5.74, 6) is 1.83. The van der Waals surface area contributed by atoms with Crippen molar-refractivity contribution in [1.29, 1.82) is 0 Å². The molecule has 0 atom stereocenters. The standard InChI is InChI=1S/C14H24N4/c1-3-15-10-13-8-9-14(17-16-13)18(2)11-12-6-4-5-7-12/h8-9,12,15H,3-7,10-11H2,1-2H3. The molecule has 0 radical (unpaired) electrons. The van der Waals surface area contributed by atoms with Crippen molar-refractivity contribution < 1.29 is 0 Å². The van der Waals surface area contributed by atoms with Gasteiger partial charge in [0.1, 0.15) is 0 Å². The van der Waals surface area contributed by atoms with Crippen molar-refractivity contribution in [1.82, 2.24) is 15.5 Å². The van der Waals surface area contributed by atoms with E-state index in [4.69, 9.17) is 0 Å². The van der Waals surface area contributed by atoms with E-state index in [0.717, 1.165) is 37.1 Å². The molecule has 1 saturated carbocycles. The van der Waals surface area contributed by atoms with Gasteiger partial charge < -0.3 is 10.2 Å². The smallest absolute Gasteiger partial charge is 0.150 e. The number of aromatic nitrogens is 2. The molecule has 1 heterocycles. The van der Waals surface area contributed by atoms with Crippen molar-refractivity contribution in [3.63, 3.8) is 0 Å². The van der Waals surface area contributed by atoms with Crippen LogP contribution in [0, 0.1) is 5.92 Å². The second kappa shape index (κ2) is 6.69. The van der Waals surface area contributed by atoms with Gasteiger partial charge in [-0.05, 0) is 37.4 Å². The van der Waals surface area contributed by atoms with Gasteiger partial charge in [0.25, 0.3) is 0 Å². The fourth-order valence-corrected chi connectivity index (χ4v) is 2.58. The van der Waals surface area contributed by atoms with Crippen LogP contribution < -0.4 is 10.2 Å². The Labute approximate surface area is 110 Å². The van der Waals surface area contributed by atoms with Gasteiger partial charge in [-0.25, -0.2) is 0 Å². The quantitative estimate of drug-likeness (QED) is 0.838. The fourth-order valence-electron chi connectivity index (χ4n) is 2.58. The Morgan fingerprint density at radius 1 is 1.28 bits per heavy atom. The van der Waals surface area contributed by atoms with Gasteiger partial charge in [0.15, 0.2) is 5.82 Å². The largest absolute Gasteiger partial charge is 0.358 e. The van der Waals surface area contributed by atoms with E-state index in [9.17, 15) is 0 Å². The maximum absolute atomic E-state index is 4.31. The molecule has 4 heteroatoms. The van der Waals surface area contributed by atoms with Gasteiger partial charge in [-0.1, -0.05) is 19.8 Å². The van der Waals surface area contributed by atoms with Crippen LogP contribution in [0.5, 0.6) is 0 Å². The molecule has 0 spiro atoms. The third-order valence-electron chi connectivity index (χ3n) is 3.66. The lowest BCUT2D eigenvalue weighted by Gasteiger charge is -2.21. The Bertz CT molecular complexity index is 343. The van der Waals surface area contributed by atoms with E-state index in [-0.39, 0.29) is 0 Å². The summed E-state index contributed by atoms with van der Waals surface area (Å²) in [4.78, 5) is 2.24. The van der Waals surface area contributed by atoms with Gasteiger partial charge in [-0.2, -0.15) is 5.10 Å². The second-order valence-corrected chi connectivity index (χ2v) is 5.19. The van der Waals surface area contributed by atoms with Crippen molar-refractivity contribution in [2.45, 2.75) is 39.2 Å². The van der Waals surface area contributed by atoms with Gasteiger partial charge in [-0.3, -0.25) is 0 Å². The zero-order valence-electron chi connectivity index (χ0n) is 11.5. The molecule has 1 aliphatic rings. The van der Waals surface area contributed by atoms with Crippen molar-refractivity contribution >= 4 is 5.82 Å². The third-order valence-corrected chi connectivity index (χ3v) is 3.66. The Kier molecular flexibility index (Phi) is 4.93. The first-order valence-electron chi connectivity index (χ1n) is 7.04. The molecule has 0 amide bonds. The van der Waals surface area contributed by atoms with Crippen LogP contribution in [0.2, 0.25) is 0 Å². The first-order valence-corrected chi connectivity index (χ1v) is 7.04. The molecule has 0 aromatic carbocycles. The molecule has 1 N–H and O–H groups in total. The summed E-state index contributed by atoms with van der Waals surface area (Å²) >= 11 is 0. The number of rotatable bonds is 6. The zero-order valence-corrected chi connectivity index (χ0v) is 11.5. The van der Waals surface area contributed by atoms with Crippen LogP contribution in [0.15, 0.2) is 12.1 Å². The maximum Gasteiger partial charge on any atom is 0.150 e. The van der Waals surface area contributed by atoms with E-state index in [0.29, 0.717) is 0 Å². The molecule has 0 saturated heterocycles. The minimum Gasteiger partial charge on any atom is -0.358 e. The Hall–Kier alpha value is -1.16. The van der Waals surface area contributed by atoms with Crippen molar-refractivity contribution in [3.05, 3.63) is 17.8 Å². The molecule has 1 aromatic rings. The summed E-state index contributed by atoms with van der Waals surface area (Å²) in [5.41, 5.74) is 1.01. The van der Waals surface area contributed by atoms with E-state index in [1.165, 1.54) is 25.7 Å². The maximum atomic E-state index is 4.31. The fraction of sp³-hybridized carbons (Fsp3) is 0.714. The van der Waals surface area contributed by atoms with Crippen LogP contribution in [0.4, 0.5) is 5.82 Å². The topological polar surface area (TPSA) is 41.0 Å². The minimum absolute atomic E-state index is 0.802. The zero-order chi connectivity index (χ0) is 12.8. The summed E-state index contributed by atoms with van der Waals surface area (Å²) in [6.45, 7) is 4.97. The monoisotopic (exact) mass is 248 g/mol. The highest BCUT2D eigenvalue weighted by molar-refractivity contribution is 5.36. The molecule has 0 unspecified atom stereocenters. The normalized spacial score (nSPS) is 16.1. The summed E-state index contributed by atoms with van der Waals surface area (Å²) in [6, 6.07) is 4.14. The van der Waals surface area contributed by atoms with E-state index in [1.54, 1.807) is 0 Å². The van der Waals surface area contributed by atoms with Gasteiger partial charge >= 0.3 is 0 Å². The van der Waals surface area contributed by atoms with Gasteiger partial charge in [-0.15, -0.1) is 5.10 Å². The first-order chi connectivity index (χ1) is 8.79. The van der Waals surface area contributed by atoms with Crippen molar-refractivity contribution in [2.24, 2.45) is 5.92 Å². The lowest BCUT2D eigenvalue weighted by atomic mass is 10.1. The SMILES string of the molecule is CCNCc1ccc(N(C)CC2CCCC2)nn1. The van der Waals surface area contributed by atoms with Gasteiger partial charge in [0, 0.05) is 20.1 Å². The molecule has 100 valence electrons. The highest BCUT2D eigenvalue weighted by atomic mass is 15.2. The van der Waals surface area contributed by atoms with Crippen LogP contribution in [0.3, 0.4) is 0 Å². The van der Waals surface area contributed by atoms with Crippen LogP contribution in [0.1, 0.15) is 38.3 Å². The summed E-state index contributed by atoms with van der Waals surface area (Å²) in [5, 5.41) is 11.8. The van der Waals surface area contributed by atoms with Crippen molar-refractivity contribution in [2.75, 3.05) is 25.0 Å². The average Bonchev–Trinajstić information content (AvgIpc) is 2.89. The summed E-state index contributed by atoms with van der Waals surface area (Å²) in [6.07, 6.45) is 5.53. The van der Waals surface area contributed by atoms with E-state index >= 15 is 0 Å². The number of hydrogen-bond acceptors (Lipinski definition) is 4. The summed E-state index contributed by atoms with van der Waals surface area (Å²) < 4.78 is 0. The predicted octanol–water partition coefficient (Wildman–Crippen LogP) is 2.21. The van der Waals surface area contributed by atoms with Crippen LogP contribution >= 0.6 is 0 Å². The Balaban J connectivity index is 1.87. The van der Waals surface area contributed by atoms with Crippen LogP contribution in [-0.2, 0) is 6.54 Å². The molecule has 4 nitrogen and oxygen atoms in total. The number of anilines is 1. The molecule has 0 bridgehead atoms. The van der Waals surface area contributed by atoms with Crippen molar-refractivity contribution in [3.8, 4) is 0 Å². The van der Waals surface area contributed by atoms with E-state index < -0.39 is 0 Å². The molecular weight excluding hydrogens is 224 g/mol. The Morgan fingerprint density at radius 3 is 2.67 bits per heavy atom. The highest BCUT2D eigenvalue weighted by Gasteiger charge is 2.17. The predicted molar refractivity (Wildman–Crippen MR) is 74.6 cm³/mol. The van der Waals surface area contributed by atoms with E-state index in [2.05, 4.69) is 46.5 Å². The average molecular weight is 248 g/mol. The van der Waals surface area contributed by atoms with Crippen LogP contribution in [-0.4, -0.2) is 30.3 Å². The van der Waals surface area contributed by atoms with E-state index in [1.807, 2.05) is 0 Å². The number of nitrogens with zero attached hydrogens (tertiary/aromatic N) is 3. The minimum atomic E-state index is 0.802. The summed E-state index contributed by atoms with van der Waals surface area (Å²) in [7, 11) is 2.12. The molecule has 1 fully saturated rings. The van der Waals surface area contributed by atoms with Gasteiger partial charge in [0.05, 0.1) is 5.69 Å². The number of nitrogens with one attached hydrogen (secondary N) is 1. The number of hydrogen-bond donors (Lipinski definition) is 1. The third kappa shape index (κ3) is 3.67. The first kappa shape index (κ1) is 13.3. The lowest BCUT2D eigenvalue weighted by molar-refractivity contribution is 0.543. The lowest BCUT2D eigenvalue weighted by Crippen LogP contribution is -2.25. The second-order valence-electron chi connectivity index (χ2n) is 5.19.